The lowest BCUT2D eigenvalue weighted by atomic mass is 10.2. The third kappa shape index (κ3) is 4.20. The Kier molecular flexibility index (Phi) is 5.25. The molecule has 1 aromatic carbocycles. The quantitative estimate of drug-likeness (QED) is 0.872. The number of halogens is 1. The Morgan fingerprint density at radius 3 is 2.84 bits per heavy atom. The molecule has 0 bridgehead atoms. The molecule has 0 radical (unpaired) electrons. The fraction of sp³-hybridized carbons (Fsp3) is 0.600. The second-order valence-electron chi connectivity index (χ2n) is 5.44. The maximum atomic E-state index is 9.80. The summed E-state index contributed by atoms with van der Waals surface area (Å²) in [6, 6.07) is 6.46. The number of hydrogen-bond donors (Lipinski definition) is 2. The molecule has 0 spiro atoms. The van der Waals surface area contributed by atoms with Crippen LogP contribution in [0.15, 0.2) is 22.7 Å². The van der Waals surface area contributed by atoms with Crippen molar-refractivity contribution in [2.75, 3.05) is 0 Å². The van der Waals surface area contributed by atoms with Crippen molar-refractivity contribution in [1.29, 1.82) is 0 Å². The van der Waals surface area contributed by atoms with E-state index in [1.807, 2.05) is 18.2 Å². The molecule has 2 atom stereocenters. The van der Waals surface area contributed by atoms with Crippen molar-refractivity contribution >= 4 is 15.9 Å². The maximum absolute atomic E-state index is 9.80. The second-order valence-corrected chi connectivity index (χ2v) is 6.30. The van der Waals surface area contributed by atoms with Crippen LogP contribution >= 0.6 is 15.9 Å². The van der Waals surface area contributed by atoms with Gasteiger partial charge in [0.2, 0.25) is 0 Å². The summed E-state index contributed by atoms with van der Waals surface area (Å²) in [5.74, 6) is 0.842. The van der Waals surface area contributed by atoms with Gasteiger partial charge in [0.25, 0.3) is 0 Å². The van der Waals surface area contributed by atoms with Crippen LogP contribution in [0.2, 0.25) is 0 Å². The van der Waals surface area contributed by atoms with E-state index in [1.165, 1.54) is 5.56 Å². The molecule has 1 aromatic rings. The van der Waals surface area contributed by atoms with E-state index in [1.54, 1.807) is 0 Å². The van der Waals surface area contributed by atoms with Crippen molar-refractivity contribution in [3.8, 4) is 5.75 Å². The van der Waals surface area contributed by atoms with E-state index in [0.717, 1.165) is 36.0 Å². The van der Waals surface area contributed by atoms with Crippen LogP contribution in [0.4, 0.5) is 0 Å². The summed E-state index contributed by atoms with van der Waals surface area (Å²) in [4.78, 5) is 0. The van der Waals surface area contributed by atoms with E-state index < -0.39 is 0 Å². The van der Waals surface area contributed by atoms with Crippen LogP contribution in [0.1, 0.15) is 38.7 Å². The van der Waals surface area contributed by atoms with Crippen molar-refractivity contribution in [3.05, 3.63) is 28.2 Å². The topological polar surface area (TPSA) is 41.5 Å². The highest BCUT2D eigenvalue weighted by Crippen LogP contribution is 2.27. The van der Waals surface area contributed by atoms with Crippen LogP contribution in [0.3, 0.4) is 0 Å². The van der Waals surface area contributed by atoms with Crippen LogP contribution in [0.5, 0.6) is 5.75 Å². The number of ether oxygens (including phenoxy) is 1. The van der Waals surface area contributed by atoms with Crippen LogP contribution in [-0.4, -0.2) is 23.4 Å². The summed E-state index contributed by atoms with van der Waals surface area (Å²) >= 11 is 3.56. The average molecular weight is 328 g/mol. The molecule has 0 heterocycles. The van der Waals surface area contributed by atoms with Crippen LogP contribution in [-0.2, 0) is 6.54 Å². The Morgan fingerprint density at radius 1 is 1.42 bits per heavy atom. The van der Waals surface area contributed by atoms with Gasteiger partial charge in [-0.15, -0.1) is 0 Å². The molecule has 106 valence electrons. The Balaban J connectivity index is 2.03. The number of rotatable bonds is 5. The van der Waals surface area contributed by atoms with E-state index in [4.69, 9.17) is 4.74 Å². The number of aliphatic hydroxyl groups is 1. The summed E-state index contributed by atoms with van der Waals surface area (Å²) in [7, 11) is 0. The molecular weight excluding hydrogens is 306 g/mol. The fourth-order valence-electron chi connectivity index (χ4n) is 2.29. The fourth-order valence-corrected chi connectivity index (χ4v) is 2.68. The smallest absolute Gasteiger partial charge is 0.124 e. The second kappa shape index (κ2) is 6.73. The minimum Gasteiger partial charge on any atom is -0.488 e. The molecule has 1 aliphatic carbocycles. The summed E-state index contributed by atoms with van der Waals surface area (Å²) in [5, 5.41) is 13.2. The molecule has 1 saturated carbocycles. The first-order valence-corrected chi connectivity index (χ1v) is 7.72. The lowest BCUT2D eigenvalue weighted by Crippen LogP contribution is -2.26. The lowest BCUT2D eigenvalue weighted by Gasteiger charge is -2.18. The summed E-state index contributed by atoms with van der Waals surface area (Å²) < 4.78 is 6.97. The zero-order chi connectivity index (χ0) is 13.8. The molecule has 1 aliphatic rings. The first-order chi connectivity index (χ1) is 9.06. The largest absolute Gasteiger partial charge is 0.488 e. The van der Waals surface area contributed by atoms with Crippen molar-refractivity contribution < 1.29 is 9.84 Å². The van der Waals surface area contributed by atoms with Crippen molar-refractivity contribution in [1.82, 2.24) is 5.32 Å². The highest BCUT2D eigenvalue weighted by atomic mass is 79.9. The van der Waals surface area contributed by atoms with E-state index >= 15 is 0 Å². The minimum atomic E-state index is -0.319. The van der Waals surface area contributed by atoms with E-state index in [0.29, 0.717) is 6.04 Å². The SMILES string of the molecule is CC(C)NCc1cc(OC2CCCC2O)ccc1Br. The van der Waals surface area contributed by atoms with Gasteiger partial charge in [0.05, 0.1) is 6.10 Å². The standard InChI is InChI=1S/C15H22BrNO2/c1-10(2)17-9-11-8-12(6-7-13(11)16)19-15-5-3-4-14(15)18/h6-8,10,14-15,17-18H,3-5,9H2,1-2H3. The number of nitrogens with one attached hydrogen (secondary N) is 1. The van der Waals surface area contributed by atoms with Gasteiger partial charge >= 0.3 is 0 Å². The van der Waals surface area contributed by atoms with Gasteiger partial charge in [-0.3, -0.25) is 0 Å². The van der Waals surface area contributed by atoms with Gasteiger partial charge in [0.1, 0.15) is 11.9 Å². The van der Waals surface area contributed by atoms with Crippen LogP contribution in [0, 0.1) is 0 Å². The summed E-state index contributed by atoms with van der Waals surface area (Å²) in [6.45, 7) is 5.06. The van der Waals surface area contributed by atoms with Gasteiger partial charge in [0, 0.05) is 17.1 Å². The van der Waals surface area contributed by atoms with Crippen LogP contribution in [0.25, 0.3) is 0 Å². The predicted molar refractivity (Wildman–Crippen MR) is 80.4 cm³/mol. The minimum absolute atomic E-state index is 0.0490. The zero-order valence-corrected chi connectivity index (χ0v) is 13.1. The molecule has 3 nitrogen and oxygen atoms in total. The Labute approximate surface area is 123 Å². The van der Waals surface area contributed by atoms with E-state index in [2.05, 4.69) is 35.1 Å². The molecular formula is C15H22BrNO2. The molecule has 19 heavy (non-hydrogen) atoms. The van der Waals surface area contributed by atoms with Crippen molar-refractivity contribution in [3.63, 3.8) is 0 Å². The molecule has 0 amide bonds. The molecule has 2 N–H and O–H groups in total. The predicted octanol–water partition coefficient (Wildman–Crippen LogP) is 3.24. The van der Waals surface area contributed by atoms with Gasteiger partial charge in [-0.1, -0.05) is 29.8 Å². The van der Waals surface area contributed by atoms with Gasteiger partial charge < -0.3 is 15.2 Å². The van der Waals surface area contributed by atoms with Gasteiger partial charge in [-0.25, -0.2) is 0 Å². The Bertz CT molecular complexity index is 423. The first kappa shape index (κ1) is 14.8. The normalized spacial score (nSPS) is 23.0. The highest BCUT2D eigenvalue weighted by molar-refractivity contribution is 9.10. The number of aliphatic hydroxyl groups excluding tert-OH is 1. The first-order valence-electron chi connectivity index (χ1n) is 6.93. The third-order valence-electron chi connectivity index (χ3n) is 3.42. The number of hydrogen-bond acceptors (Lipinski definition) is 3. The molecule has 0 aromatic heterocycles. The molecule has 4 heteroatoms. The van der Waals surface area contributed by atoms with Crippen molar-refractivity contribution in [2.24, 2.45) is 0 Å². The van der Waals surface area contributed by atoms with Crippen LogP contribution < -0.4 is 10.1 Å². The van der Waals surface area contributed by atoms with Gasteiger partial charge in [-0.2, -0.15) is 0 Å². The Morgan fingerprint density at radius 2 is 2.21 bits per heavy atom. The van der Waals surface area contributed by atoms with Gasteiger partial charge in [-0.05, 0) is 43.0 Å². The third-order valence-corrected chi connectivity index (χ3v) is 4.20. The van der Waals surface area contributed by atoms with Crippen molar-refractivity contribution in [2.45, 2.75) is 57.9 Å². The summed E-state index contributed by atoms with van der Waals surface area (Å²) in [5.41, 5.74) is 1.18. The molecule has 0 aliphatic heterocycles. The van der Waals surface area contributed by atoms with E-state index in [9.17, 15) is 5.11 Å². The van der Waals surface area contributed by atoms with Gasteiger partial charge in [0.15, 0.2) is 0 Å². The Hall–Kier alpha value is -0.580. The monoisotopic (exact) mass is 327 g/mol. The molecule has 1 fully saturated rings. The molecule has 2 rings (SSSR count). The summed E-state index contributed by atoms with van der Waals surface area (Å²) in [6.07, 6.45) is 2.47. The van der Waals surface area contributed by atoms with E-state index in [-0.39, 0.29) is 12.2 Å². The highest BCUT2D eigenvalue weighted by Gasteiger charge is 2.26. The molecule has 2 unspecified atom stereocenters. The number of benzene rings is 1. The average Bonchev–Trinajstić information content (AvgIpc) is 2.75. The zero-order valence-electron chi connectivity index (χ0n) is 11.5. The maximum Gasteiger partial charge on any atom is 0.124 e. The molecule has 0 saturated heterocycles. The lowest BCUT2D eigenvalue weighted by molar-refractivity contribution is 0.0603.